The lowest BCUT2D eigenvalue weighted by Crippen LogP contribution is -2.37. The molecule has 0 bridgehead atoms. The summed E-state index contributed by atoms with van der Waals surface area (Å²) in [6.45, 7) is 1.12. The predicted octanol–water partition coefficient (Wildman–Crippen LogP) is 3.71. The largest absolute Gasteiger partial charge is 0.396 e. The van der Waals surface area contributed by atoms with Crippen LogP contribution in [0.25, 0.3) is 10.8 Å². The Balaban J connectivity index is 1.45. The first-order valence-electron chi connectivity index (χ1n) is 9.18. The molecule has 3 atom stereocenters. The second-order valence-corrected chi connectivity index (χ2v) is 7.25. The van der Waals surface area contributed by atoms with Gasteiger partial charge in [-0.15, -0.1) is 0 Å². The lowest BCUT2D eigenvalue weighted by atomic mass is 10.0. The van der Waals surface area contributed by atoms with Gasteiger partial charge in [0.1, 0.15) is 0 Å². The minimum absolute atomic E-state index is 0.167. The molecule has 1 aliphatic heterocycles. The molecule has 1 aliphatic carbocycles. The Bertz CT molecular complexity index is 741. The maximum atomic E-state index is 12.9. The molecule has 1 amide bonds. The summed E-state index contributed by atoms with van der Waals surface area (Å²) in [5.74, 6) is 0.899. The number of carbonyl (C=O) groups excluding carboxylic acids is 1. The zero-order chi connectivity index (χ0) is 16.5. The molecular formula is C21H25NO2. The van der Waals surface area contributed by atoms with Crippen molar-refractivity contribution in [3.63, 3.8) is 0 Å². The predicted molar refractivity (Wildman–Crippen MR) is 95.9 cm³/mol. The number of likely N-dealkylation sites (tertiary alicyclic amines) is 1. The molecule has 1 N–H and O–H groups in total. The zero-order valence-electron chi connectivity index (χ0n) is 14.0. The van der Waals surface area contributed by atoms with E-state index in [-0.39, 0.29) is 12.5 Å². The van der Waals surface area contributed by atoms with Gasteiger partial charge in [-0.05, 0) is 54.4 Å². The van der Waals surface area contributed by atoms with Gasteiger partial charge in [-0.2, -0.15) is 0 Å². The number of carbonyl (C=O) groups is 1. The Morgan fingerprint density at radius 2 is 2.00 bits per heavy atom. The molecule has 2 aromatic carbocycles. The average Bonchev–Trinajstić information content (AvgIpc) is 3.29. The van der Waals surface area contributed by atoms with Gasteiger partial charge in [-0.1, -0.05) is 42.5 Å². The number of aliphatic hydroxyl groups is 1. The number of hydrogen-bond acceptors (Lipinski definition) is 2. The van der Waals surface area contributed by atoms with E-state index in [0.29, 0.717) is 17.9 Å². The fourth-order valence-electron chi connectivity index (χ4n) is 4.24. The van der Waals surface area contributed by atoms with Crippen LogP contribution in [0.5, 0.6) is 0 Å². The summed E-state index contributed by atoms with van der Waals surface area (Å²) in [5.41, 5.74) is 1.30. The van der Waals surface area contributed by atoms with Crippen molar-refractivity contribution >= 4 is 16.7 Å². The first-order chi connectivity index (χ1) is 11.8. The molecule has 1 heterocycles. The van der Waals surface area contributed by atoms with Crippen LogP contribution in [0.15, 0.2) is 42.5 Å². The van der Waals surface area contributed by atoms with Gasteiger partial charge >= 0.3 is 0 Å². The summed E-state index contributed by atoms with van der Waals surface area (Å²) in [5, 5.41) is 11.6. The van der Waals surface area contributed by atoms with Gasteiger partial charge in [-0.3, -0.25) is 4.79 Å². The van der Waals surface area contributed by atoms with E-state index in [1.165, 1.54) is 16.3 Å². The van der Waals surface area contributed by atoms with Crippen molar-refractivity contribution < 1.29 is 9.90 Å². The standard InChI is InChI=1S/C21H25NO2/c23-12-4-8-18-7-3-11-22(18)21(24)20-14-19(20)17-10-9-15-5-1-2-6-16(15)13-17/h1-2,5-6,9-10,13,18-20,23H,3-4,7-8,11-12,14H2. The average molecular weight is 323 g/mol. The van der Waals surface area contributed by atoms with Crippen LogP contribution in [0, 0.1) is 5.92 Å². The summed E-state index contributed by atoms with van der Waals surface area (Å²) < 4.78 is 0. The first-order valence-corrected chi connectivity index (χ1v) is 9.18. The molecule has 0 spiro atoms. The van der Waals surface area contributed by atoms with Crippen molar-refractivity contribution in [2.24, 2.45) is 5.92 Å². The van der Waals surface area contributed by atoms with Crippen LogP contribution in [0.1, 0.15) is 43.6 Å². The van der Waals surface area contributed by atoms with Crippen LogP contribution in [0.2, 0.25) is 0 Å². The van der Waals surface area contributed by atoms with E-state index in [4.69, 9.17) is 5.11 Å². The van der Waals surface area contributed by atoms with Crippen molar-refractivity contribution in [2.75, 3.05) is 13.2 Å². The molecule has 3 nitrogen and oxygen atoms in total. The van der Waals surface area contributed by atoms with Gasteiger partial charge in [0.15, 0.2) is 0 Å². The van der Waals surface area contributed by atoms with Crippen LogP contribution in [0.3, 0.4) is 0 Å². The SMILES string of the molecule is O=C(C1CC1c1ccc2ccccc2c1)N1CCCC1CCCO. The molecule has 1 saturated heterocycles. The normalized spacial score (nSPS) is 26.0. The third kappa shape index (κ3) is 2.93. The quantitative estimate of drug-likeness (QED) is 0.911. The van der Waals surface area contributed by atoms with Crippen LogP contribution >= 0.6 is 0 Å². The molecule has 24 heavy (non-hydrogen) atoms. The van der Waals surface area contributed by atoms with Gasteiger partial charge in [0.05, 0.1) is 0 Å². The highest BCUT2D eigenvalue weighted by Crippen LogP contribution is 2.49. The lowest BCUT2D eigenvalue weighted by Gasteiger charge is -2.25. The smallest absolute Gasteiger partial charge is 0.226 e. The molecule has 3 unspecified atom stereocenters. The van der Waals surface area contributed by atoms with Gasteiger partial charge in [0, 0.05) is 25.1 Å². The summed E-state index contributed by atoms with van der Waals surface area (Å²) in [6, 6.07) is 15.4. The molecule has 126 valence electrons. The number of hydrogen-bond donors (Lipinski definition) is 1. The Hall–Kier alpha value is -1.87. The minimum atomic E-state index is 0.167. The molecule has 0 radical (unpaired) electrons. The number of nitrogens with zero attached hydrogens (tertiary/aromatic N) is 1. The highest BCUT2D eigenvalue weighted by Gasteiger charge is 2.47. The fourth-order valence-corrected chi connectivity index (χ4v) is 4.24. The van der Waals surface area contributed by atoms with Crippen molar-refractivity contribution in [1.82, 2.24) is 4.90 Å². The van der Waals surface area contributed by atoms with E-state index in [9.17, 15) is 4.79 Å². The van der Waals surface area contributed by atoms with Crippen molar-refractivity contribution in [3.8, 4) is 0 Å². The van der Waals surface area contributed by atoms with E-state index in [2.05, 4.69) is 47.4 Å². The summed E-state index contributed by atoms with van der Waals surface area (Å²) in [6.07, 6.45) is 4.93. The Morgan fingerprint density at radius 1 is 1.17 bits per heavy atom. The molecule has 2 aromatic rings. The monoisotopic (exact) mass is 323 g/mol. The molecule has 2 aliphatic rings. The van der Waals surface area contributed by atoms with Crippen molar-refractivity contribution in [2.45, 2.75) is 44.1 Å². The topological polar surface area (TPSA) is 40.5 Å². The number of benzene rings is 2. The molecule has 1 saturated carbocycles. The van der Waals surface area contributed by atoms with Gasteiger partial charge < -0.3 is 10.0 Å². The third-order valence-electron chi connectivity index (χ3n) is 5.66. The first kappa shape index (κ1) is 15.6. The van der Waals surface area contributed by atoms with Gasteiger partial charge in [0.2, 0.25) is 5.91 Å². The van der Waals surface area contributed by atoms with E-state index in [0.717, 1.165) is 38.6 Å². The fraction of sp³-hybridized carbons (Fsp3) is 0.476. The van der Waals surface area contributed by atoms with E-state index in [1.54, 1.807) is 0 Å². The van der Waals surface area contributed by atoms with Crippen LogP contribution in [-0.4, -0.2) is 35.1 Å². The van der Waals surface area contributed by atoms with E-state index < -0.39 is 0 Å². The maximum absolute atomic E-state index is 12.9. The molecule has 4 rings (SSSR count). The third-order valence-corrected chi connectivity index (χ3v) is 5.66. The number of amides is 1. The van der Waals surface area contributed by atoms with E-state index in [1.807, 2.05) is 0 Å². The second-order valence-electron chi connectivity index (χ2n) is 7.25. The summed E-state index contributed by atoms with van der Waals surface area (Å²) in [7, 11) is 0. The lowest BCUT2D eigenvalue weighted by molar-refractivity contribution is -0.133. The van der Waals surface area contributed by atoms with Gasteiger partial charge in [-0.25, -0.2) is 0 Å². The van der Waals surface area contributed by atoms with E-state index >= 15 is 0 Å². The Kier molecular flexibility index (Phi) is 4.28. The highest BCUT2D eigenvalue weighted by atomic mass is 16.3. The molecule has 2 fully saturated rings. The molecule has 3 heteroatoms. The summed E-state index contributed by atoms with van der Waals surface area (Å²) >= 11 is 0. The number of aliphatic hydroxyl groups excluding tert-OH is 1. The van der Waals surface area contributed by atoms with Crippen molar-refractivity contribution in [1.29, 1.82) is 0 Å². The minimum Gasteiger partial charge on any atom is -0.396 e. The van der Waals surface area contributed by atoms with Crippen molar-refractivity contribution in [3.05, 3.63) is 48.0 Å². The van der Waals surface area contributed by atoms with Crippen LogP contribution < -0.4 is 0 Å². The molecule has 0 aromatic heterocycles. The number of rotatable bonds is 5. The Morgan fingerprint density at radius 3 is 2.83 bits per heavy atom. The second kappa shape index (κ2) is 6.56. The highest BCUT2D eigenvalue weighted by molar-refractivity contribution is 5.86. The Labute approximate surface area is 143 Å². The van der Waals surface area contributed by atoms with Crippen LogP contribution in [0.4, 0.5) is 0 Å². The molecular weight excluding hydrogens is 298 g/mol. The van der Waals surface area contributed by atoms with Crippen LogP contribution in [-0.2, 0) is 4.79 Å². The van der Waals surface area contributed by atoms with Gasteiger partial charge in [0.25, 0.3) is 0 Å². The maximum Gasteiger partial charge on any atom is 0.226 e. The zero-order valence-corrected chi connectivity index (χ0v) is 14.0. The number of fused-ring (bicyclic) bond motifs is 1. The summed E-state index contributed by atoms with van der Waals surface area (Å²) in [4.78, 5) is 15.0.